The molecule has 2 aromatic rings. The van der Waals surface area contributed by atoms with E-state index in [1.807, 2.05) is 0 Å². The smallest absolute Gasteiger partial charge is 0.339 e. The molecule has 0 atom stereocenters. The second-order valence-corrected chi connectivity index (χ2v) is 6.48. The number of benzene rings is 1. The molecule has 1 aromatic heterocycles. The number of thiophene rings is 1. The van der Waals surface area contributed by atoms with Crippen LogP contribution in [0.25, 0.3) is 0 Å². The molecule has 1 aromatic carbocycles. The first-order valence-electron chi connectivity index (χ1n) is 7.56. The maximum atomic E-state index is 13.1. The first-order valence-corrected chi connectivity index (χ1v) is 8.44. The van der Waals surface area contributed by atoms with E-state index < -0.39 is 30.1 Å². The summed E-state index contributed by atoms with van der Waals surface area (Å²) in [4.78, 5) is 25.1. The van der Waals surface area contributed by atoms with Crippen LogP contribution in [0.4, 0.5) is 14.5 Å². The molecule has 1 N–H and O–H groups in total. The molecule has 3 rings (SSSR count). The summed E-state index contributed by atoms with van der Waals surface area (Å²) < 4.78 is 30.9. The molecule has 1 aliphatic rings. The third-order valence-electron chi connectivity index (χ3n) is 3.82. The molecule has 0 aliphatic heterocycles. The SMILES string of the molecule is O=C(COC(=O)c1csc2c1CCCC2)Nc1ccc(F)c(F)c1. The van der Waals surface area contributed by atoms with Crippen molar-refractivity contribution in [3.63, 3.8) is 0 Å². The highest BCUT2D eigenvalue weighted by molar-refractivity contribution is 7.10. The summed E-state index contributed by atoms with van der Waals surface area (Å²) in [7, 11) is 0. The van der Waals surface area contributed by atoms with E-state index in [9.17, 15) is 18.4 Å². The van der Waals surface area contributed by atoms with Crippen LogP contribution in [0.3, 0.4) is 0 Å². The zero-order chi connectivity index (χ0) is 17.1. The summed E-state index contributed by atoms with van der Waals surface area (Å²) in [6.07, 6.45) is 3.99. The molecular formula is C17H15F2NO3S. The Labute approximate surface area is 141 Å². The fraction of sp³-hybridized carbons (Fsp3) is 0.294. The summed E-state index contributed by atoms with van der Waals surface area (Å²) in [6, 6.07) is 3.01. The highest BCUT2D eigenvalue weighted by Gasteiger charge is 2.21. The van der Waals surface area contributed by atoms with Gasteiger partial charge in [0.15, 0.2) is 18.2 Å². The van der Waals surface area contributed by atoms with Crippen LogP contribution >= 0.6 is 11.3 Å². The van der Waals surface area contributed by atoms with Crippen molar-refractivity contribution in [1.29, 1.82) is 0 Å². The Morgan fingerprint density at radius 3 is 2.75 bits per heavy atom. The molecule has 0 saturated heterocycles. The van der Waals surface area contributed by atoms with Gasteiger partial charge in [-0.2, -0.15) is 0 Å². The van der Waals surface area contributed by atoms with Crippen molar-refractivity contribution in [3.05, 3.63) is 51.2 Å². The largest absolute Gasteiger partial charge is 0.452 e. The van der Waals surface area contributed by atoms with Gasteiger partial charge in [0.1, 0.15) is 0 Å². The van der Waals surface area contributed by atoms with Crippen LogP contribution in [0, 0.1) is 11.6 Å². The second kappa shape index (κ2) is 7.09. The van der Waals surface area contributed by atoms with E-state index in [4.69, 9.17) is 4.74 Å². The molecule has 1 aliphatic carbocycles. The lowest BCUT2D eigenvalue weighted by atomic mass is 9.96. The average molecular weight is 351 g/mol. The number of carbonyl (C=O) groups excluding carboxylic acids is 2. The number of esters is 1. The van der Waals surface area contributed by atoms with Gasteiger partial charge in [-0.1, -0.05) is 0 Å². The normalized spacial score (nSPS) is 13.2. The summed E-state index contributed by atoms with van der Waals surface area (Å²) in [6.45, 7) is -0.484. The van der Waals surface area contributed by atoms with E-state index in [-0.39, 0.29) is 5.69 Å². The highest BCUT2D eigenvalue weighted by atomic mass is 32.1. The molecule has 1 heterocycles. The Balaban J connectivity index is 1.57. The maximum absolute atomic E-state index is 13.1. The minimum absolute atomic E-state index is 0.0999. The number of rotatable bonds is 4. The van der Waals surface area contributed by atoms with Gasteiger partial charge in [-0.15, -0.1) is 11.3 Å². The monoisotopic (exact) mass is 351 g/mol. The molecule has 0 saturated carbocycles. The van der Waals surface area contributed by atoms with Crippen molar-refractivity contribution < 1.29 is 23.1 Å². The summed E-state index contributed by atoms with van der Waals surface area (Å²) >= 11 is 1.54. The standard InChI is InChI=1S/C17H15F2NO3S/c18-13-6-5-10(7-14(13)19)20-16(21)8-23-17(22)12-9-24-15-4-2-1-3-11(12)15/h5-7,9H,1-4,8H2,(H,20,21). The van der Waals surface area contributed by atoms with Gasteiger partial charge in [0.2, 0.25) is 0 Å². The summed E-state index contributed by atoms with van der Waals surface area (Å²) in [5.41, 5.74) is 1.65. The fourth-order valence-corrected chi connectivity index (χ4v) is 3.76. The van der Waals surface area contributed by atoms with E-state index in [1.165, 1.54) is 10.9 Å². The molecule has 0 bridgehead atoms. The third kappa shape index (κ3) is 3.62. The van der Waals surface area contributed by atoms with Gasteiger partial charge in [-0.3, -0.25) is 4.79 Å². The van der Waals surface area contributed by atoms with Crippen LogP contribution in [0.1, 0.15) is 33.6 Å². The van der Waals surface area contributed by atoms with E-state index >= 15 is 0 Å². The number of nitrogens with one attached hydrogen (secondary N) is 1. The number of ether oxygens (including phenoxy) is 1. The Morgan fingerprint density at radius 2 is 1.96 bits per heavy atom. The fourth-order valence-electron chi connectivity index (χ4n) is 2.64. The molecule has 0 fully saturated rings. The van der Waals surface area contributed by atoms with Crippen molar-refractivity contribution in [2.75, 3.05) is 11.9 Å². The van der Waals surface area contributed by atoms with Gasteiger partial charge in [0.05, 0.1) is 5.56 Å². The lowest BCUT2D eigenvalue weighted by Crippen LogP contribution is -2.21. The van der Waals surface area contributed by atoms with Crippen molar-refractivity contribution in [2.45, 2.75) is 25.7 Å². The first kappa shape index (κ1) is 16.6. The number of fused-ring (bicyclic) bond motifs is 1. The number of halogens is 2. The van der Waals surface area contributed by atoms with Crippen molar-refractivity contribution in [3.8, 4) is 0 Å². The Morgan fingerprint density at radius 1 is 1.17 bits per heavy atom. The molecule has 0 unspecified atom stereocenters. The van der Waals surface area contributed by atoms with Crippen LogP contribution in [-0.4, -0.2) is 18.5 Å². The van der Waals surface area contributed by atoms with Crippen LogP contribution in [0.2, 0.25) is 0 Å². The van der Waals surface area contributed by atoms with E-state index in [0.717, 1.165) is 43.4 Å². The van der Waals surface area contributed by atoms with Gasteiger partial charge in [0, 0.05) is 22.0 Å². The molecule has 7 heteroatoms. The number of anilines is 1. The molecule has 4 nitrogen and oxygen atoms in total. The summed E-state index contributed by atoms with van der Waals surface area (Å²) in [5, 5.41) is 4.12. The maximum Gasteiger partial charge on any atom is 0.339 e. The third-order valence-corrected chi connectivity index (χ3v) is 4.91. The van der Waals surface area contributed by atoms with Crippen molar-refractivity contribution in [2.24, 2.45) is 0 Å². The quantitative estimate of drug-likeness (QED) is 0.855. The van der Waals surface area contributed by atoms with Crippen LogP contribution < -0.4 is 5.32 Å². The lowest BCUT2D eigenvalue weighted by molar-refractivity contribution is -0.119. The van der Waals surface area contributed by atoms with Crippen LogP contribution in [0.5, 0.6) is 0 Å². The Bertz CT molecular complexity index is 788. The van der Waals surface area contributed by atoms with Gasteiger partial charge in [0.25, 0.3) is 5.91 Å². The van der Waals surface area contributed by atoms with Crippen molar-refractivity contribution >= 4 is 28.9 Å². The van der Waals surface area contributed by atoms with Crippen LogP contribution in [-0.2, 0) is 22.4 Å². The zero-order valence-corrected chi connectivity index (χ0v) is 13.6. The molecular weight excluding hydrogens is 336 g/mol. The molecule has 126 valence electrons. The van der Waals surface area contributed by atoms with Gasteiger partial charge < -0.3 is 10.1 Å². The zero-order valence-electron chi connectivity index (χ0n) is 12.7. The predicted molar refractivity (Wildman–Crippen MR) is 86.2 cm³/mol. The topological polar surface area (TPSA) is 55.4 Å². The lowest BCUT2D eigenvalue weighted by Gasteiger charge is -2.12. The number of aryl methyl sites for hydroxylation is 1. The second-order valence-electron chi connectivity index (χ2n) is 5.51. The Kier molecular flexibility index (Phi) is 4.89. The molecule has 0 spiro atoms. The van der Waals surface area contributed by atoms with E-state index in [2.05, 4.69) is 5.32 Å². The number of hydrogen-bond acceptors (Lipinski definition) is 4. The van der Waals surface area contributed by atoms with E-state index in [1.54, 1.807) is 16.7 Å². The highest BCUT2D eigenvalue weighted by Crippen LogP contribution is 2.30. The van der Waals surface area contributed by atoms with E-state index in [0.29, 0.717) is 5.56 Å². The number of hydrogen-bond donors (Lipinski definition) is 1. The molecule has 1 amide bonds. The Hall–Kier alpha value is -2.28. The number of carbonyl (C=O) groups is 2. The van der Waals surface area contributed by atoms with Crippen LogP contribution in [0.15, 0.2) is 23.6 Å². The minimum Gasteiger partial charge on any atom is -0.452 e. The molecule has 0 radical (unpaired) electrons. The first-order chi connectivity index (χ1) is 11.5. The van der Waals surface area contributed by atoms with Gasteiger partial charge in [-0.25, -0.2) is 13.6 Å². The van der Waals surface area contributed by atoms with Gasteiger partial charge in [-0.05, 0) is 43.4 Å². The van der Waals surface area contributed by atoms with Crippen molar-refractivity contribution in [1.82, 2.24) is 0 Å². The summed E-state index contributed by atoms with van der Waals surface area (Å²) in [5.74, 6) is -3.20. The van der Waals surface area contributed by atoms with Gasteiger partial charge >= 0.3 is 5.97 Å². The average Bonchev–Trinajstić information content (AvgIpc) is 3.00. The predicted octanol–water partition coefficient (Wildman–Crippen LogP) is 3.70. The minimum atomic E-state index is -1.06. The molecule has 24 heavy (non-hydrogen) atoms. The number of amides is 1.